The largest absolute Gasteiger partial charge is 0.507 e. The van der Waals surface area contributed by atoms with E-state index >= 15 is 0 Å². The average molecular weight is 477 g/mol. The highest BCUT2D eigenvalue weighted by atomic mass is 16.5. The lowest BCUT2D eigenvalue weighted by atomic mass is 9.84. The highest BCUT2D eigenvalue weighted by molar-refractivity contribution is 5.72. The lowest BCUT2D eigenvalue weighted by Gasteiger charge is -2.27. The molecule has 0 aliphatic heterocycles. The fraction of sp³-hybridized carbons (Fsp3) is 0.419. The Kier molecular flexibility index (Phi) is 8.98. The topological polar surface area (TPSA) is 69.9 Å². The summed E-state index contributed by atoms with van der Waals surface area (Å²) in [5, 5.41) is 30.7. The SMILES string of the molecule is CCCc1cc(C(O)(CC)CC)ccc1-c1cc(COc2ccc(CO)c(O)c2C)ccc1CC. The van der Waals surface area contributed by atoms with Crippen LogP contribution in [0.5, 0.6) is 11.5 Å². The number of hydrogen-bond acceptors (Lipinski definition) is 4. The molecule has 3 N–H and O–H groups in total. The molecule has 0 unspecified atom stereocenters. The summed E-state index contributed by atoms with van der Waals surface area (Å²) in [5.41, 5.74) is 7.33. The van der Waals surface area contributed by atoms with Crippen LogP contribution in [0.15, 0.2) is 48.5 Å². The third-order valence-corrected chi connectivity index (χ3v) is 7.21. The first-order valence-electron chi connectivity index (χ1n) is 12.8. The van der Waals surface area contributed by atoms with Crippen LogP contribution in [0.2, 0.25) is 0 Å². The van der Waals surface area contributed by atoms with E-state index in [4.69, 9.17) is 4.74 Å². The van der Waals surface area contributed by atoms with E-state index in [1.165, 1.54) is 22.3 Å². The Morgan fingerprint density at radius 3 is 2.17 bits per heavy atom. The summed E-state index contributed by atoms with van der Waals surface area (Å²) in [4.78, 5) is 0. The monoisotopic (exact) mass is 476 g/mol. The van der Waals surface area contributed by atoms with Gasteiger partial charge < -0.3 is 20.1 Å². The quantitative estimate of drug-likeness (QED) is 0.280. The molecule has 3 aromatic rings. The van der Waals surface area contributed by atoms with Gasteiger partial charge >= 0.3 is 0 Å². The van der Waals surface area contributed by atoms with E-state index in [0.29, 0.717) is 36.3 Å². The van der Waals surface area contributed by atoms with Gasteiger partial charge in [0.2, 0.25) is 0 Å². The molecule has 0 heterocycles. The molecule has 0 aromatic heterocycles. The molecule has 0 atom stereocenters. The summed E-state index contributed by atoms with van der Waals surface area (Å²) in [6, 6.07) is 16.4. The summed E-state index contributed by atoms with van der Waals surface area (Å²) in [6.07, 6.45) is 4.29. The molecular formula is C31H40O4. The summed E-state index contributed by atoms with van der Waals surface area (Å²) < 4.78 is 6.06. The standard InChI is InChI=1S/C31H40O4/c1-6-10-24-18-26(31(34,8-3)9-4)14-15-27(24)28-17-22(11-12-23(28)7-2)20-35-29-16-13-25(19-32)30(33)21(29)5/h11-18,32-34H,6-10,19-20H2,1-5H3. The van der Waals surface area contributed by atoms with Gasteiger partial charge in [0.1, 0.15) is 18.1 Å². The predicted octanol–water partition coefficient (Wildman–Crippen LogP) is 6.96. The zero-order valence-corrected chi connectivity index (χ0v) is 21.8. The van der Waals surface area contributed by atoms with Crippen LogP contribution in [0.4, 0.5) is 0 Å². The minimum Gasteiger partial charge on any atom is -0.507 e. The van der Waals surface area contributed by atoms with Crippen molar-refractivity contribution in [3.63, 3.8) is 0 Å². The number of benzene rings is 3. The molecule has 0 fully saturated rings. The number of aliphatic hydroxyl groups excluding tert-OH is 1. The Balaban J connectivity index is 1.98. The Morgan fingerprint density at radius 1 is 0.829 bits per heavy atom. The van der Waals surface area contributed by atoms with E-state index in [1.54, 1.807) is 19.1 Å². The number of hydrogen-bond donors (Lipinski definition) is 3. The fourth-order valence-corrected chi connectivity index (χ4v) is 4.74. The molecule has 3 aromatic carbocycles. The van der Waals surface area contributed by atoms with Crippen LogP contribution in [0.3, 0.4) is 0 Å². The molecule has 0 amide bonds. The molecular weight excluding hydrogens is 436 g/mol. The molecule has 0 saturated carbocycles. The van der Waals surface area contributed by atoms with Crippen molar-refractivity contribution in [1.29, 1.82) is 0 Å². The highest BCUT2D eigenvalue weighted by Gasteiger charge is 2.26. The van der Waals surface area contributed by atoms with Gasteiger partial charge in [-0.2, -0.15) is 0 Å². The van der Waals surface area contributed by atoms with Crippen LogP contribution in [-0.2, 0) is 31.7 Å². The van der Waals surface area contributed by atoms with Gasteiger partial charge in [-0.15, -0.1) is 0 Å². The lowest BCUT2D eigenvalue weighted by Crippen LogP contribution is -2.23. The van der Waals surface area contributed by atoms with E-state index < -0.39 is 5.60 Å². The van der Waals surface area contributed by atoms with Crippen molar-refractivity contribution in [1.82, 2.24) is 0 Å². The van der Waals surface area contributed by atoms with Crippen molar-refractivity contribution in [3.8, 4) is 22.6 Å². The highest BCUT2D eigenvalue weighted by Crippen LogP contribution is 2.36. The summed E-state index contributed by atoms with van der Waals surface area (Å²) in [5.74, 6) is 0.686. The van der Waals surface area contributed by atoms with Crippen molar-refractivity contribution in [2.45, 2.75) is 85.5 Å². The molecule has 0 aliphatic rings. The molecule has 0 spiro atoms. The molecule has 0 bridgehead atoms. The third kappa shape index (κ3) is 5.71. The Bertz CT molecular complexity index is 1140. The van der Waals surface area contributed by atoms with Crippen molar-refractivity contribution in [3.05, 3.63) is 81.9 Å². The number of phenols is 1. The van der Waals surface area contributed by atoms with Crippen LogP contribution in [-0.4, -0.2) is 15.3 Å². The number of ether oxygens (including phenoxy) is 1. The molecule has 0 aliphatic carbocycles. The minimum absolute atomic E-state index is 0.0791. The molecule has 3 rings (SSSR count). The van der Waals surface area contributed by atoms with E-state index in [1.807, 2.05) is 13.8 Å². The maximum absolute atomic E-state index is 11.1. The lowest BCUT2D eigenvalue weighted by molar-refractivity contribution is 0.0283. The molecule has 35 heavy (non-hydrogen) atoms. The van der Waals surface area contributed by atoms with Gasteiger partial charge in [0.25, 0.3) is 0 Å². The molecule has 0 radical (unpaired) electrons. The predicted molar refractivity (Wildman–Crippen MR) is 143 cm³/mol. The zero-order chi connectivity index (χ0) is 25.6. The molecule has 188 valence electrons. The normalized spacial score (nSPS) is 11.6. The van der Waals surface area contributed by atoms with E-state index in [2.05, 4.69) is 50.2 Å². The van der Waals surface area contributed by atoms with Crippen LogP contribution in [0, 0.1) is 6.92 Å². The number of rotatable bonds is 11. The van der Waals surface area contributed by atoms with E-state index in [9.17, 15) is 15.3 Å². The maximum atomic E-state index is 11.1. The fourth-order valence-electron chi connectivity index (χ4n) is 4.74. The molecule has 0 saturated heterocycles. The van der Waals surface area contributed by atoms with Crippen molar-refractivity contribution in [2.24, 2.45) is 0 Å². The van der Waals surface area contributed by atoms with Crippen LogP contribution < -0.4 is 4.74 Å². The van der Waals surface area contributed by atoms with Gasteiger partial charge in [-0.25, -0.2) is 0 Å². The van der Waals surface area contributed by atoms with Crippen LogP contribution in [0.1, 0.15) is 80.3 Å². The van der Waals surface area contributed by atoms with Gasteiger partial charge in [-0.1, -0.05) is 64.4 Å². The van der Waals surface area contributed by atoms with Gasteiger partial charge in [0.05, 0.1) is 12.2 Å². The van der Waals surface area contributed by atoms with Crippen LogP contribution >= 0.6 is 0 Å². The number of aryl methyl sites for hydroxylation is 2. The summed E-state index contributed by atoms with van der Waals surface area (Å²) in [6.45, 7) is 10.4. The minimum atomic E-state index is -0.792. The first-order chi connectivity index (χ1) is 16.8. The Labute approximate surface area is 210 Å². The number of aromatic hydroxyl groups is 1. The van der Waals surface area contributed by atoms with Gasteiger partial charge in [-0.05, 0) is 84.2 Å². The van der Waals surface area contributed by atoms with E-state index in [0.717, 1.165) is 30.4 Å². The first-order valence-corrected chi connectivity index (χ1v) is 12.8. The molecule has 4 nitrogen and oxygen atoms in total. The van der Waals surface area contributed by atoms with Crippen molar-refractivity contribution in [2.75, 3.05) is 0 Å². The number of aliphatic hydroxyl groups is 2. The Hall–Kier alpha value is -2.82. The van der Waals surface area contributed by atoms with Gasteiger partial charge in [0, 0.05) is 11.1 Å². The van der Waals surface area contributed by atoms with Gasteiger partial charge in [0.15, 0.2) is 0 Å². The van der Waals surface area contributed by atoms with Gasteiger partial charge in [-0.3, -0.25) is 0 Å². The van der Waals surface area contributed by atoms with Crippen LogP contribution in [0.25, 0.3) is 11.1 Å². The average Bonchev–Trinajstić information content (AvgIpc) is 2.89. The molecule has 4 heteroatoms. The van der Waals surface area contributed by atoms with Crippen molar-refractivity contribution < 1.29 is 20.1 Å². The third-order valence-electron chi connectivity index (χ3n) is 7.21. The first kappa shape index (κ1) is 26.8. The maximum Gasteiger partial charge on any atom is 0.127 e. The summed E-state index contributed by atoms with van der Waals surface area (Å²) >= 11 is 0. The van der Waals surface area contributed by atoms with E-state index in [-0.39, 0.29) is 12.4 Å². The zero-order valence-electron chi connectivity index (χ0n) is 21.8. The van der Waals surface area contributed by atoms with Crippen molar-refractivity contribution >= 4 is 0 Å². The second kappa shape index (κ2) is 11.7. The summed E-state index contributed by atoms with van der Waals surface area (Å²) in [7, 11) is 0. The Morgan fingerprint density at radius 2 is 1.54 bits per heavy atom. The smallest absolute Gasteiger partial charge is 0.127 e. The second-order valence-electron chi connectivity index (χ2n) is 9.35. The second-order valence-corrected chi connectivity index (χ2v) is 9.35.